The van der Waals surface area contributed by atoms with Crippen LogP contribution in [0.15, 0.2) is 42.5 Å². The summed E-state index contributed by atoms with van der Waals surface area (Å²) in [6, 6.07) is 13.5. The van der Waals surface area contributed by atoms with Crippen LogP contribution in [0.1, 0.15) is 34.0 Å². The van der Waals surface area contributed by atoms with E-state index in [1.54, 1.807) is 0 Å². The highest BCUT2D eigenvalue weighted by atomic mass is 127. The van der Waals surface area contributed by atoms with E-state index in [0.29, 0.717) is 0 Å². The lowest BCUT2D eigenvalue weighted by molar-refractivity contribution is 0.103. The Labute approximate surface area is 121 Å². The number of benzene rings is 2. The number of rotatable bonds is 3. The molecule has 0 unspecified atom stereocenters. The topological polar surface area (TPSA) is 17.1 Å². The summed E-state index contributed by atoms with van der Waals surface area (Å²) in [4.78, 5) is 12.4. The van der Waals surface area contributed by atoms with Crippen molar-refractivity contribution in [3.05, 3.63) is 68.3 Å². The SMILES string of the molecule is CCc1ccc(C(=O)c2ccccc2)c(I)c1C. The minimum atomic E-state index is 0.103. The van der Waals surface area contributed by atoms with Crippen LogP contribution in [0.25, 0.3) is 0 Å². The molecule has 2 aromatic rings. The van der Waals surface area contributed by atoms with Crippen molar-refractivity contribution in [1.82, 2.24) is 0 Å². The number of hydrogen-bond donors (Lipinski definition) is 0. The molecule has 2 heteroatoms. The Balaban J connectivity index is 2.47. The lowest BCUT2D eigenvalue weighted by Gasteiger charge is -2.10. The number of ketones is 1. The summed E-state index contributed by atoms with van der Waals surface area (Å²) in [7, 11) is 0. The highest BCUT2D eigenvalue weighted by Crippen LogP contribution is 2.23. The number of aryl methyl sites for hydroxylation is 1. The Kier molecular flexibility index (Phi) is 4.17. The first-order chi connectivity index (χ1) is 8.65. The molecule has 0 bridgehead atoms. The van der Waals surface area contributed by atoms with Gasteiger partial charge in [0, 0.05) is 14.7 Å². The van der Waals surface area contributed by atoms with Crippen LogP contribution >= 0.6 is 22.6 Å². The summed E-state index contributed by atoms with van der Waals surface area (Å²) in [6.45, 7) is 4.22. The summed E-state index contributed by atoms with van der Waals surface area (Å²) in [6.07, 6.45) is 1.00. The molecule has 0 atom stereocenters. The first-order valence-electron chi connectivity index (χ1n) is 6.03. The molecule has 0 aromatic heterocycles. The van der Waals surface area contributed by atoms with Gasteiger partial charge in [0.15, 0.2) is 5.78 Å². The van der Waals surface area contributed by atoms with Gasteiger partial charge in [0.1, 0.15) is 0 Å². The largest absolute Gasteiger partial charge is 0.289 e. The van der Waals surface area contributed by atoms with E-state index in [0.717, 1.165) is 21.1 Å². The van der Waals surface area contributed by atoms with Crippen LogP contribution in [0.2, 0.25) is 0 Å². The normalized spacial score (nSPS) is 10.4. The molecule has 0 aliphatic heterocycles. The van der Waals surface area contributed by atoms with Crippen LogP contribution in [0.3, 0.4) is 0 Å². The molecule has 0 aliphatic carbocycles. The third kappa shape index (κ3) is 2.48. The third-order valence-electron chi connectivity index (χ3n) is 3.16. The molecule has 0 fully saturated rings. The van der Waals surface area contributed by atoms with Gasteiger partial charge in [-0.15, -0.1) is 0 Å². The average molecular weight is 350 g/mol. The zero-order chi connectivity index (χ0) is 13.1. The van der Waals surface area contributed by atoms with Gasteiger partial charge in [0.25, 0.3) is 0 Å². The molecular weight excluding hydrogens is 335 g/mol. The second-order valence-corrected chi connectivity index (χ2v) is 5.34. The molecule has 2 aromatic carbocycles. The van der Waals surface area contributed by atoms with E-state index in [2.05, 4.69) is 42.5 Å². The summed E-state index contributed by atoms with van der Waals surface area (Å²) in [5, 5.41) is 0. The van der Waals surface area contributed by atoms with Crippen LogP contribution in [-0.2, 0) is 6.42 Å². The Morgan fingerprint density at radius 2 is 1.78 bits per heavy atom. The molecule has 0 N–H and O–H groups in total. The Morgan fingerprint density at radius 3 is 2.39 bits per heavy atom. The lowest BCUT2D eigenvalue weighted by atomic mass is 9.98. The highest BCUT2D eigenvalue weighted by Gasteiger charge is 2.14. The Bertz CT molecular complexity index is 573. The van der Waals surface area contributed by atoms with Gasteiger partial charge in [-0.2, -0.15) is 0 Å². The summed E-state index contributed by atoms with van der Waals surface area (Å²) in [5.41, 5.74) is 4.08. The fourth-order valence-corrected chi connectivity index (χ4v) is 2.80. The van der Waals surface area contributed by atoms with Gasteiger partial charge in [-0.05, 0) is 53.1 Å². The quantitative estimate of drug-likeness (QED) is 0.593. The molecule has 0 amide bonds. The summed E-state index contributed by atoms with van der Waals surface area (Å²) >= 11 is 2.28. The molecule has 0 saturated heterocycles. The van der Waals surface area contributed by atoms with Crippen molar-refractivity contribution in [1.29, 1.82) is 0 Å². The van der Waals surface area contributed by atoms with E-state index in [4.69, 9.17) is 0 Å². The average Bonchev–Trinajstić information content (AvgIpc) is 2.42. The molecule has 0 radical (unpaired) electrons. The van der Waals surface area contributed by atoms with Crippen molar-refractivity contribution in [2.45, 2.75) is 20.3 Å². The predicted molar refractivity (Wildman–Crippen MR) is 83.1 cm³/mol. The Morgan fingerprint density at radius 1 is 1.11 bits per heavy atom. The van der Waals surface area contributed by atoms with Crippen molar-refractivity contribution in [2.75, 3.05) is 0 Å². The molecule has 92 valence electrons. The first-order valence-corrected chi connectivity index (χ1v) is 7.10. The second-order valence-electron chi connectivity index (χ2n) is 4.26. The van der Waals surface area contributed by atoms with Gasteiger partial charge >= 0.3 is 0 Å². The standard InChI is InChI=1S/C16H15IO/c1-3-12-9-10-14(15(17)11(12)2)16(18)13-7-5-4-6-8-13/h4-10H,3H2,1-2H3. The maximum Gasteiger partial charge on any atom is 0.194 e. The van der Waals surface area contributed by atoms with Gasteiger partial charge in [0.2, 0.25) is 0 Å². The van der Waals surface area contributed by atoms with Crippen LogP contribution in [0.4, 0.5) is 0 Å². The van der Waals surface area contributed by atoms with E-state index in [9.17, 15) is 4.79 Å². The molecule has 0 aliphatic rings. The maximum atomic E-state index is 12.4. The predicted octanol–water partition coefficient (Wildman–Crippen LogP) is 4.39. The number of halogens is 1. The number of carbonyl (C=O) groups is 1. The minimum Gasteiger partial charge on any atom is -0.289 e. The van der Waals surface area contributed by atoms with Gasteiger partial charge in [0.05, 0.1) is 0 Å². The molecular formula is C16H15IO. The van der Waals surface area contributed by atoms with Crippen LogP contribution in [-0.4, -0.2) is 5.78 Å². The summed E-state index contributed by atoms with van der Waals surface area (Å²) in [5.74, 6) is 0.103. The van der Waals surface area contributed by atoms with Crippen molar-refractivity contribution >= 4 is 28.4 Å². The molecule has 2 rings (SSSR count). The number of hydrogen-bond acceptors (Lipinski definition) is 1. The zero-order valence-corrected chi connectivity index (χ0v) is 12.7. The molecule has 0 saturated carbocycles. The van der Waals surface area contributed by atoms with E-state index >= 15 is 0 Å². The molecule has 18 heavy (non-hydrogen) atoms. The van der Waals surface area contributed by atoms with Gasteiger partial charge in [-0.1, -0.05) is 43.3 Å². The van der Waals surface area contributed by atoms with Crippen molar-refractivity contribution in [2.24, 2.45) is 0 Å². The fraction of sp³-hybridized carbons (Fsp3) is 0.188. The summed E-state index contributed by atoms with van der Waals surface area (Å²) < 4.78 is 1.07. The van der Waals surface area contributed by atoms with Crippen LogP contribution < -0.4 is 0 Å². The molecule has 0 heterocycles. The van der Waals surface area contributed by atoms with Crippen LogP contribution in [0.5, 0.6) is 0 Å². The maximum absolute atomic E-state index is 12.4. The van der Waals surface area contributed by atoms with Crippen molar-refractivity contribution < 1.29 is 4.79 Å². The lowest BCUT2D eigenvalue weighted by Crippen LogP contribution is -2.06. The monoisotopic (exact) mass is 350 g/mol. The van der Waals surface area contributed by atoms with Crippen molar-refractivity contribution in [3.63, 3.8) is 0 Å². The van der Waals surface area contributed by atoms with E-state index in [-0.39, 0.29) is 5.78 Å². The highest BCUT2D eigenvalue weighted by molar-refractivity contribution is 14.1. The van der Waals surface area contributed by atoms with Gasteiger partial charge < -0.3 is 0 Å². The third-order valence-corrected chi connectivity index (χ3v) is 4.55. The fourth-order valence-electron chi connectivity index (χ4n) is 2.03. The number of carbonyl (C=O) groups excluding carboxylic acids is 1. The van der Waals surface area contributed by atoms with E-state index < -0.39 is 0 Å². The Hall–Kier alpha value is -1.16. The molecule has 1 nitrogen and oxygen atoms in total. The van der Waals surface area contributed by atoms with Gasteiger partial charge in [-0.3, -0.25) is 4.79 Å². The smallest absolute Gasteiger partial charge is 0.194 e. The van der Waals surface area contributed by atoms with E-state index in [1.165, 1.54) is 11.1 Å². The van der Waals surface area contributed by atoms with Gasteiger partial charge in [-0.25, -0.2) is 0 Å². The molecule has 0 spiro atoms. The van der Waals surface area contributed by atoms with Crippen molar-refractivity contribution in [3.8, 4) is 0 Å². The minimum absolute atomic E-state index is 0.103. The second kappa shape index (κ2) is 5.65. The van der Waals surface area contributed by atoms with E-state index in [1.807, 2.05) is 36.4 Å². The first kappa shape index (κ1) is 13.3. The zero-order valence-electron chi connectivity index (χ0n) is 10.5. The van der Waals surface area contributed by atoms with Crippen LogP contribution in [0, 0.1) is 10.5 Å².